The third kappa shape index (κ3) is 4.68. The summed E-state index contributed by atoms with van der Waals surface area (Å²) in [6, 6.07) is 0.254. The number of ether oxygens (including phenoxy) is 1. The second-order valence-corrected chi connectivity index (χ2v) is 7.02. The van der Waals surface area contributed by atoms with E-state index in [9.17, 15) is 4.79 Å². The van der Waals surface area contributed by atoms with Crippen molar-refractivity contribution in [2.24, 2.45) is 5.41 Å². The van der Waals surface area contributed by atoms with Gasteiger partial charge in [-0.3, -0.25) is 10.1 Å². The third-order valence-corrected chi connectivity index (χ3v) is 4.89. The van der Waals surface area contributed by atoms with E-state index < -0.39 is 5.54 Å². The molecule has 1 aliphatic heterocycles. The van der Waals surface area contributed by atoms with Gasteiger partial charge in [-0.1, -0.05) is 13.8 Å². The van der Waals surface area contributed by atoms with E-state index in [4.69, 9.17) is 4.74 Å². The Labute approximate surface area is 130 Å². The van der Waals surface area contributed by atoms with E-state index in [-0.39, 0.29) is 12.0 Å². The van der Waals surface area contributed by atoms with Crippen LogP contribution in [0.5, 0.6) is 0 Å². The van der Waals surface area contributed by atoms with E-state index in [1.54, 1.807) is 0 Å². The van der Waals surface area contributed by atoms with Crippen LogP contribution in [0.15, 0.2) is 0 Å². The number of hydrogen-bond acceptors (Lipinski definition) is 4. The van der Waals surface area contributed by atoms with E-state index in [2.05, 4.69) is 37.9 Å². The molecule has 1 rings (SSSR count). The summed E-state index contributed by atoms with van der Waals surface area (Å²) in [5.41, 5.74) is -0.185. The van der Waals surface area contributed by atoms with Gasteiger partial charge in [-0.05, 0) is 58.9 Å². The van der Waals surface area contributed by atoms with Gasteiger partial charge in [-0.2, -0.15) is 0 Å². The van der Waals surface area contributed by atoms with Crippen LogP contribution in [-0.4, -0.2) is 48.7 Å². The summed E-state index contributed by atoms with van der Waals surface area (Å²) in [5.74, 6) is -0.135. The van der Waals surface area contributed by atoms with Crippen molar-refractivity contribution in [1.82, 2.24) is 10.2 Å². The molecular weight excluding hydrogens is 264 g/mol. The maximum atomic E-state index is 12.4. The molecule has 1 saturated heterocycles. The summed E-state index contributed by atoms with van der Waals surface area (Å²) < 4.78 is 5.29. The second kappa shape index (κ2) is 7.59. The van der Waals surface area contributed by atoms with Crippen LogP contribution >= 0.6 is 0 Å². The molecule has 0 amide bonds. The maximum absolute atomic E-state index is 12.4. The highest BCUT2D eigenvalue weighted by Gasteiger charge is 2.42. The Balaban J connectivity index is 2.76. The summed E-state index contributed by atoms with van der Waals surface area (Å²) in [6.45, 7) is 15.9. The zero-order valence-corrected chi connectivity index (χ0v) is 14.8. The van der Waals surface area contributed by atoms with Gasteiger partial charge in [0.25, 0.3) is 0 Å². The molecule has 1 fully saturated rings. The number of esters is 1. The Morgan fingerprint density at radius 2 is 1.95 bits per heavy atom. The van der Waals surface area contributed by atoms with Crippen molar-refractivity contribution in [3.8, 4) is 0 Å². The largest absolute Gasteiger partial charge is 0.465 e. The first-order chi connectivity index (χ1) is 9.80. The van der Waals surface area contributed by atoms with Crippen molar-refractivity contribution >= 4 is 5.97 Å². The zero-order chi connectivity index (χ0) is 16.1. The number of nitrogens with zero attached hydrogens (tertiary/aromatic N) is 1. The van der Waals surface area contributed by atoms with E-state index in [1.807, 2.05) is 13.8 Å². The number of nitrogens with one attached hydrogen (secondary N) is 1. The van der Waals surface area contributed by atoms with Crippen molar-refractivity contribution in [1.29, 1.82) is 0 Å². The quantitative estimate of drug-likeness (QED) is 0.700. The van der Waals surface area contributed by atoms with E-state index in [1.165, 1.54) is 19.3 Å². The molecule has 0 aromatic rings. The molecule has 0 aromatic carbocycles. The minimum absolute atomic E-state index is 0.135. The first-order valence-electron chi connectivity index (χ1n) is 8.48. The number of likely N-dealkylation sites (tertiary alicyclic amines) is 1. The molecule has 124 valence electrons. The summed E-state index contributed by atoms with van der Waals surface area (Å²) in [4.78, 5) is 14.8. The fourth-order valence-corrected chi connectivity index (χ4v) is 3.53. The van der Waals surface area contributed by atoms with Crippen LogP contribution < -0.4 is 5.32 Å². The van der Waals surface area contributed by atoms with Crippen molar-refractivity contribution in [3.63, 3.8) is 0 Å². The second-order valence-electron chi connectivity index (χ2n) is 7.02. The molecular formula is C17H34N2O2. The van der Waals surface area contributed by atoms with Gasteiger partial charge in [0.05, 0.1) is 6.61 Å². The van der Waals surface area contributed by atoms with Gasteiger partial charge in [-0.15, -0.1) is 0 Å². The van der Waals surface area contributed by atoms with Crippen LogP contribution in [-0.2, 0) is 9.53 Å². The minimum atomic E-state index is -0.623. The van der Waals surface area contributed by atoms with Gasteiger partial charge in [-0.25, -0.2) is 0 Å². The summed E-state index contributed by atoms with van der Waals surface area (Å²) in [5, 5.41) is 3.41. The predicted molar refractivity (Wildman–Crippen MR) is 87.4 cm³/mol. The molecule has 4 nitrogen and oxygen atoms in total. The normalized spacial score (nSPS) is 21.5. The average molecular weight is 298 g/mol. The molecule has 1 heterocycles. The van der Waals surface area contributed by atoms with Gasteiger partial charge in [0.2, 0.25) is 0 Å². The first-order valence-corrected chi connectivity index (χ1v) is 8.48. The molecule has 4 heteroatoms. The average Bonchev–Trinajstić information content (AvgIpc) is 2.82. The van der Waals surface area contributed by atoms with Crippen LogP contribution in [0.2, 0.25) is 0 Å². The fourth-order valence-electron chi connectivity index (χ4n) is 3.53. The standard InChI is InChI=1S/C17H34N2O2/c1-7-17(8-2)10-11-19(13-17)12-16(6,18-14(4)5)15(20)21-9-3/h14,18H,7-13H2,1-6H3. The highest BCUT2D eigenvalue weighted by Crippen LogP contribution is 2.37. The first kappa shape index (κ1) is 18.4. The molecule has 1 aliphatic rings. The molecule has 1 atom stereocenters. The molecule has 1 unspecified atom stereocenters. The fraction of sp³-hybridized carbons (Fsp3) is 0.941. The van der Waals surface area contributed by atoms with Gasteiger partial charge >= 0.3 is 5.97 Å². The summed E-state index contributed by atoms with van der Waals surface area (Å²) in [6.07, 6.45) is 3.67. The van der Waals surface area contributed by atoms with Crippen molar-refractivity contribution in [2.45, 2.75) is 72.4 Å². The lowest BCUT2D eigenvalue weighted by Gasteiger charge is -2.35. The number of carbonyl (C=O) groups excluding carboxylic acids is 1. The zero-order valence-electron chi connectivity index (χ0n) is 14.8. The van der Waals surface area contributed by atoms with Crippen molar-refractivity contribution in [3.05, 3.63) is 0 Å². The Kier molecular flexibility index (Phi) is 6.67. The molecule has 0 saturated carbocycles. The molecule has 0 aromatic heterocycles. The topological polar surface area (TPSA) is 41.6 Å². The predicted octanol–water partition coefficient (Wildman–Crippen LogP) is 2.82. The van der Waals surface area contributed by atoms with Crippen molar-refractivity contribution < 1.29 is 9.53 Å². The van der Waals surface area contributed by atoms with Gasteiger partial charge in [0.1, 0.15) is 5.54 Å². The Hall–Kier alpha value is -0.610. The van der Waals surface area contributed by atoms with Crippen LogP contribution in [0.4, 0.5) is 0 Å². The lowest BCUT2D eigenvalue weighted by Crippen LogP contribution is -2.59. The summed E-state index contributed by atoms with van der Waals surface area (Å²) in [7, 11) is 0. The van der Waals surface area contributed by atoms with Crippen LogP contribution in [0, 0.1) is 5.41 Å². The Bertz CT molecular complexity index is 340. The number of rotatable bonds is 8. The number of carbonyl (C=O) groups is 1. The van der Waals surface area contributed by atoms with Gasteiger partial charge < -0.3 is 9.64 Å². The lowest BCUT2D eigenvalue weighted by atomic mass is 9.82. The van der Waals surface area contributed by atoms with Gasteiger partial charge in [0, 0.05) is 19.1 Å². The smallest absolute Gasteiger partial charge is 0.327 e. The Morgan fingerprint density at radius 3 is 2.38 bits per heavy atom. The third-order valence-electron chi connectivity index (χ3n) is 4.89. The molecule has 0 radical (unpaired) electrons. The van der Waals surface area contributed by atoms with E-state index in [0.29, 0.717) is 12.0 Å². The monoisotopic (exact) mass is 298 g/mol. The highest BCUT2D eigenvalue weighted by atomic mass is 16.5. The highest BCUT2D eigenvalue weighted by molar-refractivity contribution is 5.80. The van der Waals surface area contributed by atoms with E-state index in [0.717, 1.165) is 19.6 Å². The van der Waals surface area contributed by atoms with Crippen LogP contribution in [0.3, 0.4) is 0 Å². The van der Waals surface area contributed by atoms with Crippen molar-refractivity contribution in [2.75, 3.05) is 26.2 Å². The molecule has 21 heavy (non-hydrogen) atoms. The SMILES string of the molecule is CCOC(=O)C(C)(CN1CCC(CC)(CC)C1)NC(C)C. The van der Waals surface area contributed by atoms with Gasteiger partial charge in [0.15, 0.2) is 0 Å². The maximum Gasteiger partial charge on any atom is 0.327 e. The lowest BCUT2D eigenvalue weighted by molar-refractivity contribution is -0.151. The van der Waals surface area contributed by atoms with Crippen LogP contribution in [0.25, 0.3) is 0 Å². The molecule has 0 aliphatic carbocycles. The molecule has 0 bridgehead atoms. The minimum Gasteiger partial charge on any atom is -0.465 e. The summed E-state index contributed by atoms with van der Waals surface area (Å²) >= 11 is 0. The van der Waals surface area contributed by atoms with Crippen LogP contribution in [0.1, 0.15) is 60.8 Å². The molecule has 0 spiro atoms. The Morgan fingerprint density at radius 1 is 1.33 bits per heavy atom. The van der Waals surface area contributed by atoms with E-state index >= 15 is 0 Å². The number of hydrogen-bond donors (Lipinski definition) is 1. The molecule has 1 N–H and O–H groups in total.